The molecule has 0 heterocycles. The molecule has 0 aromatic heterocycles. The molecule has 0 aliphatic carbocycles. The number of aryl methyl sites for hydroxylation is 1. The third-order valence-corrected chi connectivity index (χ3v) is 2.24. The molecule has 100 valence electrons. The molecule has 0 amide bonds. The molecule has 0 aliphatic rings. The number of hydrogen-bond donors (Lipinski definition) is 0. The van der Waals surface area contributed by atoms with Gasteiger partial charge in [-0.15, -0.1) is 0 Å². The lowest BCUT2D eigenvalue weighted by atomic mass is 10.0. The Balaban J connectivity index is 3.31. The molecular weight excluding hydrogens is 259 g/mol. The highest BCUT2D eigenvalue weighted by molar-refractivity contribution is 6.04. The van der Waals surface area contributed by atoms with Crippen LogP contribution in [0.5, 0.6) is 5.75 Å². The van der Waals surface area contributed by atoms with Crippen LogP contribution in [-0.4, -0.2) is 25.0 Å². The number of rotatable bonds is 3. The molecule has 0 radical (unpaired) electrons. The zero-order chi connectivity index (χ0) is 14.1. The summed E-state index contributed by atoms with van der Waals surface area (Å²) in [6.07, 6.45) is -5.93. The van der Waals surface area contributed by atoms with Crippen LogP contribution >= 0.6 is 0 Å². The van der Waals surface area contributed by atoms with Crippen molar-refractivity contribution in [2.24, 2.45) is 0 Å². The lowest BCUT2D eigenvalue weighted by molar-refractivity contribution is -0.255. The van der Waals surface area contributed by atoms with Crippen LogP contribution < -0.4 is 4.74 Å². The summed E-state index contributed by atoms with van der Waals surface area (Å²) in [5.74, 6) is -8.08. The number of carbonyl (C=O) groups excluding carboxylic acids is 1. The predicted molar refractivity (Wildman–Crippen MR) is 53.1 cm³/mol. The standard InChI is InChI=1S/C11H9F5O2/c1-6-3-4-8(18-2)7(5-6)9(17)10(12,13)11(14,15)16/h3-5H,1-2H3. The van der Waals surface area contributed by atoms with Crippen LogP contribution in [-0.2, 0) is 0 Å². The molecule has 0 atom stereocenters. The van der Waals surface area contributed by atoms with E-state index >= 15 is 0 Å². The van der Waals surface area contributed by atoms with Crippen LogP contribution in [0, 0.1) is 6.92 Å². The number of ketones is 1. The topological polar surface area (TPSA) is 26.3 Å². The van der Waals surface area contributed by atoms with Crippen molar-refractivity contribution in [1.82, 2.24) is 0 Å². The van der Waals surface area contributed by atoms with Gasteiger partial charge in [0.1, 0.15) is 5.75 Å². The van der Waals surface area contributed by atoms with Gasteiger partial charge in [0.05, 0.1) is 12.7 Å². The van der Waals surface area contributed by atoms with Gasteiger partial charge in [0.15, 0.2) is 0 Å². The number of ether oxygens (including phenoxy) is 1. The van der Waals surface area contributed by atoms with E-state index in [4.69, 9.17) is 0 Å². The van der Waals surface area contributed by atoms with E-state index in [0.717, 1.165) is 19.2 Å². The van der Waals surface area contributed by atoms with Crippen LogP contribution in [0.15, 0.2) is 18.2 Å². The molecule has 0 N–H and O–H groups in total. The van der Waals surface area contributed by atoms with E-state index in [2.05, 4.69) is 4.74 Å². The molecule has 2 nitrogen and oxygen atoms in total. The Hall–Kier alpha value is -1.66. The lowest BCUT2D eigenvalue weighted by Crippen LogP contribution is -2.44. The molecule has 0 spiro atoms. The first kappa shape index (κ1) is 14.4. The number of benzene rings is 1. The fourth-order valence-corrected chi connectivity index (χ4v) is 1.30. The highest BCUT2D eigenvalue weighted by Crippen LogP contribution is 2.39. The maximum absolute atomic E-state index is 12.9. The second kappa shape index (κ2) is 4.55. The Morgan fingerprint density at radius 1 is 1.17 bits per heavy atom. The minimum absolute atomic E-state index is 0.325. The van der Waals surface area contributed by atoms with Gasteiger partial charge in [0, 0.05) is 0 Å². The van der Waals surface area contributed by atoms with Crippen LogP contribution in [0.25, 0.3) is 0 Å². The summed E-state index contributed by atoms with van der Waals surface area (Å²) in [7, 11) is 1.08. The number of methoxy groups -OCH3 is 1. The first-order valence-corrected chi connectivity index (χ1v) is 4.75. The summed E-state index contributed by atoms with van der Waals surface area (Å²) < 4.78 is 66.7. The molecule has 7 heteroatoms. The number of Topliss-reactive ketones (excluding diaryl/α,β-unsaturated/α-hetero) is 1. The molecule has 1 aromatic carbocycles. The molecule has 18 heavy (non-hydrogen) atoms. The Labute approximate surface area is 99.4 Å². The van der Waals surface area contributed by atoms with Crippen molar-refractivity contribution in [2.45, 2.75) is 19.0 Å². The van der Waals surface area contributed by atoms with Crippen LogP contribution in [0.2, 0.25) is 0 Å². The Morgan fingerprint density at radius 2 is 1.72 bits per heavy atom. The average molecular weight is 268 g/mol. The van der Waals surface area contributed by atoms with Gasteiger partial charge in [-0.25, -0.2) is 0 Å². The molecule has 0 saturated carbocycles. The number of halogens is 5. The van der Waals surface area contributed by atoms with E-state index in [1.54, 1.807) is 0 Å². The molecule has 0 saturated heterocycles. The van der Waals surface area contributed by atoms with Crippen LogP contribution in [0.1, 0.15) is 15.9 Å². The summed E-state index contributed by atoms with van der Waals surface area (Å²) in [4.78, 5) is 11.3. The van der Waals surface area contributed by atoms with Gasteiger partial charge in [-0.1, -0.05) is 11.6 Å². The molecule has 1 rings (SSSR count). The smallest absolute Gasteiger partial charge is 0.461 e. The second-order valence-corrected chi connectivity index (χ2v) is 3.61. The minimum atomic E-state index is -5.93. The van der Waals surface area contributed by atoms with Crippen molar-refractivity contribution in [2.75, 3.05) is 7.11 Å². The van der Waals surface area contributed by atoms with E-state index in [1.807, 2.05) is 0 Å². The molecule has 0 bridgehead atoms. The van der Waals surface area contributed by atoms with E-state index < -0.39 is 23.4 Å². The number of hydrogen-bond acceptors (Lipinski definition) is 2. The van der Waals surface area contributed by atoms with Gasteiger partial charge >= 0.3 is 12.1 Å². The highest BCUT2D eigenvalue weighted by Gasteiger charge is 2.63. The molecular formula is C11H9F5O2. The zero-order valence-corrected chi connectivity index (χ0v) is 9.44. The largest absolute Gasteiger partial charge is 0.496 e. The van der Waals surface area contributed by atoms with E-state index in [9.17, 15) is 26.7 Å². The average Bonchev–Trinajstić information content (AvgIpc) is 2.26. The monoisotopic (exact) mass is 268 g/mol. The summed E-state index contributed by atoms with van der Waals surface area (Å²) >= 11 is 0. The fraction of sp³-hybridized carbons (Fsp3) is 0.364. The van der Waals surface area contributed by atoms with Gasteiger partial charge in [0.25, 0.3) is 0 Å². The normalized spacial score (nSPS) is 12.4. The SMILES string of the molecule is COc1ccc(C)cc1C(=O)C(F)(F)C(F)(F)F. The fourth-order valence-electron chi connectivity index (χ4n) is 1.30. The predicted octanol–water partition coefficient (Wildman–Crippen LogP) is 3.38. The Kier molecular flexibility index (Phi) is 3.64. The molecule has 1 aromatic rings. The zero-order valence-electron chi connectivity index (χ0n) is 9.44. The minimum Gasteiger partial charge on any atom is -0.496 e. The number of alkyl halides is 5. The van der Waals surface area contributed by atoms with Crippen molar-refractivity contribution in [3.63, 3.8) is 0 Å². The molecule has 0 aliphatic heterocycles. The van der Waals surface area contributed by atoms with Crippen LogP contribution in [0.3, 0.4) is 0 Å². The lowest BCUT2D eigenvalue weighted by Gasteiger charge is -2.19. The second-order valence-electron chi connectivity index (χ2n) is 3.61. The Bertz CT molecular complexity index is 465. The van der Waals surface area contributed by atoms with Crippen molar-refractivity contribution < 1.29 is 31.5 Å². The van der Waals surface area contributed by atoms with Gasteiger partial charge in [-0.3, -0.25) is 4.79 Å². The quantitative estimate of drug-likeness (QED) is 0.620. The van der Waals surface area contributed by atoms with Gasteiger partial charge in [-0.05, 0) is 19.1 Å². The summed E-state index contributed by atoms with van der Waals surface area (Å²) in [5.41, 5.74) is -0.419. The van der Waals surface area contributed by atoms with Crippen LogP contribution in [0.4, 0.5) is 22.0 Å². The first-order valence-electron chi connectivity index (χ1n) is 4.75. The maximum Gasteiger partial charge on any atom is 0.461 e. The third kappa shape index (κ3) is 2.44. The number of carbonyl (C=O) groups is 1. The summed E-state index contributed by atoms with van der Waals surface area (Å²) in [6, 6.07) is 3.52. The molecule has 0 unspecified atom stereocenters. The van der Waals surface area contributed by atoms with Crippen molar-refractivity contribution in [3.05, 3.63) is 29.3 Å². The summed E-state index contributed by atoms with van der Waals surface area (Å²) in [5, 5.41) is 0. The Morgan fingerprint density at radius 3 is 2.17 bits per heavy atom. The van der Waals surface area contributed by atoms with Crippen molar-refractivity contribution in [1.29, 1.82) is 0 Å². The van der Waals surface area contributed by atoms with E-state index in [0.29, 0.717) is 5.56 Å². The van der Waals surface area contributed by atoms with Gasteiger partial charge in [0.2, 0.25) is 5.78 Å². The molecule has 0 fully saturated rings. The maximum atomic E-state index is 12.9. The van der Waals surface area contributed by atoms with Crippen molar-refractivity contribution >= 4 is 5.78 Å². The van der Waals surface area contributed by atoms with Gasteiger partial charge in [-0.2, -0.15) is 22.0 Å². The third-order valence-electron chi connectivity index (χ3n) is 2.24. The van der Waals surface area contributed by atoms with E-state index in [-0.39, 0.29) is 5.75 Å². The van der Waals surface area contributed by atoms with E-state index in [1.165, 1.54) is 13.0 Å². The highest BCUT2D eigenvalue weighted by atomic mass is 19.4. The summed E-state index contributed by atoms with van der Waals surface area (Å²) in [6.45, 7) is 1.46. The van der Waals surface area contributed by atoms with Crippen molar-refractivity contribution in [3.8, 4) is 5.75 Å². The van der Waals surface area contributed by atoms with Gasteiger partial charge < -0.3 is 4.74 Å². The first-order chi connectivity index (χ1) is 8.11.